The number of pyridine rings is 2. The molecule has 0 atom stereocenters. The molecule has 0 saturated heterocycles. The van der Waals surface area contributed by atoms with Crippen LogP contribution in [0.3, 0.4) is 0 Å². The average Bonchev–Trinajstić information content (AvgIpc) is 3.36. The van der Waals surface area contributed by atoms with Crippen molar-refractivity contribution in [1.29, 1.82) is 0 Å². The Labute approximate surface area is 262 Å². The summed E-state index contributed by atoms with van der Waals surface area (Å²) in [6, 6.07) is 28.7. The third-order valence-electron chi connectivity index (χ3n) is 8.41. The topological polar surface area (TPSA) is 38.9 Å². The van der Waals surface area contributed by atoms with E-state index in [-0.39, 0.29) is 16.2 Å². The molecule has 0 radical (unpaired) electrons. The molecule has 0 unspecified atom stereocenters. The molecule has 6 aromatic rings. The van der Waals surface area contributed by atoms with Gasteiger partial charge in [-0.05, 0) is 97.8 Å². The lowest BCUT2D eigenvalue weighted by Crippen LogP contribution is -2.11. The first kappa shape index (κ1) is 29.8. The van der Waals surface area contributed by atoms with Crippen molar-refractivity contribution in [3.05, 3.63) is 108 Å². The molecule has 6 rings (SSSR count). The molecule has 0 amide bonds. The number of hydrogen-bond donors (Lipinski definition) is 0. The van der Waals surface area contributed by atoms with E-state index in [1.165, 1.54) is 27.5 Å². The maximum absolute atomic E-state index is 6.58. The number of hydrogen-bond acceptors (Lipinski definition) is 3. The quantitative estimate of drug-likeness (QED) is 0.208. The summed E-state index contributed by atoms with van der Waals surface area (Å²) in [7, 11) is 0. The van der Waals surface area contributed by atoms with Crippen molar-refractivity contribution in [3.63, 3.8) is 0 Å². The molecule has 0 aliphatic heterocycles. The van der Waals surface area contributed by atoms with Crippen LogP contribution in [0, 0.1) is 5.41 Å². The number of fused-ring (bicyclic) bond motifs is 2. The number of rotatable bonds is 4. The van der Waals surface area contributed by atoms with Gasteiger partial charge in [-0.1, -0.05) is 92.6 Å². The van der Waals surface area contributed by atoms with Crippen LogP contribution in [-0.2, 0) is 17.3 Å². The van der Waals surface area contributed by atoms with Gasteiger partial charge >= 0.3 is 0 Å². The van der Waals surface area contributed by atoms with Crippen LogP contribution in [-0.4, -0.2) is 9.97 Å². The van der Waals surface area contributed by atoms with Crippen molar-refractivity contribution in [2.75, 3.05) is 0 Å². The van der Waals surface area contributed by atoms with Crippen LogP contribution in [0.15, 0.2) is 95.7 Å². The summed E-state index contributed by atoms with van der Waals surface area (Å²) in [4.78, 5) is 9.65. The van der Waals surface area contributed by atoms with E-state index in [2.05, 4.69) is 141 Å². The summed E-state index contributed by atoms with van der Waals surface area (Å²) < 4.78 is 6.58. The van der Waals surface area contributed by atoms with E-state index in [9.17, 15) is 0 Å². The normalized spacial score (nSPS) is 12.8. The van der Waals surface area contributed by atoms with E-state index in [1.807, 2.05) is 12.4 Å². The zero-order chi connectivity index (χ0) is 31.4. The molecule has 0 N–H and O–H groups in total. The van der Waals surface area contributed by atoms with Crippen molar-refractivity contribution in [3.8, 4) is 33.6 Å². The van der Waals surface area contributed by atoms with E-state index >= 15 is 0 Å². The van der Waals surface area contributed by atoms with E-state index < -0.39 is 0 Å². The number of furan rings is 1. The van der Waals surface area contributed by atoms with E-state index in [1.54, 1.807) is 0 Å². The highest BCUT2D eigenvalue weighted by molar-refractivity contribution is 6.03. The van der Waals surface area contributed by atoms with Crippen LogP contribution < -0.4 is 0 Å². The summed E-state index contributed by atoms with van der Waals surface area (Å²) in [6.07, 6.45) is 4.73. The lowest BCUT2D eigenvalue weighted by Gasteiger charge is -2.20. The number of nitrogens with zero attached hydrogens (tertiary/aromatic N) is 2. The Morgan fingerprint density at radius 3 is 1.89 bits per heavy atom. The van der Waals surface area contributed by atoms with Gasteiger partial charge in [0.25, 0.3) is 0 Å². The fourth-order valence-electron chi connectivity index (χ4n) is 5.95. The van der Waals surface area contributed by atoms with Gasteiger partial charge in [-0.15, -0.1) is 0 Å². The van der Waals surface area contributed by atoms with Crippen molar-refractivity contribution in [2.45, 2.75) is 79.6 Å². The van der Waals surface area contributed by atoms with Crippen LogP contribution >= 0.6 is 0 Å². The van der Waals surface area contributed by atoms with Crippen LogP contribution in [0.1, 0.15) is 79.2 Å². The predicted octanol–water partition coefficient (Wildman–Crippen LogP) is 11.6. The van der Waals surface area contributed by atoms with Crippen LogP contribution in [0.25, 0.3) is 55.4 Å². The average molecular weight is 581 g/mol. The molecule has 3 heterocycles. The first-order valence-corrected chi connectivity index (χ1v) is 15.7. The molecule has 0 aliphatic rings. The van der Waals surface area contributed by atoms with Gasteiger partial charge in [0.05, 0.1) is 11.4 Å². The zero-order valence-corrected chi connectivity index (χ0v) is 27.7. The molecule has 0 fully saturated rings. The van der Waals surface area contributed by atoms with Crippen LogP contribution in [0.4, 0.5) is 0 Å². The minimum Gasteiger partial charge on any atom is -0.461 e. The minimum absolute atomic E-state index is 0.0204. The van der Waals surface area contributed by atoms with Gasteiger partial charge < -0.3 is 4.42 Å². The van der Waals surface area contributed by atoms with Gasteiger partial charge in [-0.25, -0.2) is 0 Å². The lowest BCUT2D eigenvalue weighted by molar-refractivity contribution is 0.370. The molecule has 0 saturated carbocycles. The maximum Gasteiger partial charge on any atom is 0.135 e. The largest absolute Gasteiger partial charge is 0.461 e. The molecule has 0 aliphatic carbocycles. The second-order valence-corrected chi connectivity index (χ2v) is 15.5. The van der Waals surface area contributed by atoms with Crippen LogP contribution in [0.5, 0.6) is 0 Å². The molecule has 3 aromatic carbocycles. The van der Waals surface area contributed by atoms with Crippen molar-refractivity contribution < 1.29 is 4.42 Å². The monoisotopic (exact) mass is 580 g/mol. The van der Waals surface area contributed by atoms with Gasteiger partial charge in [-0.2, -0.15) is 0 Å². The molecule has 0 spiro atoms. The summed E-state index contributed by atoms with van der Waals surface area (Å²) in [6.45, 7) is 20.2. The molecule has 44 heavy (non-hydrogen) atoms. The second kappa shape index (κ2) is 10.7. The first-order valence-electron chi connectivity index (χ1n) is 15.7. The molecule has 0 bridgehead atoms. The summed E-state index contributed by atoms with van der Waals surface area (Å²) in [5, 5.41) is 3.49. The highest BCUT2D eigenvalue weighted by atomic mass is 16.3. The van der Waals surface area contributed by atoms with E-state index in [4.69, 9.17) is 14.4 Å². The van der Waals surface area contributed by atoms with Gasteiger partial charge in [0.15, 0.2) is 0 Å². The van der Waals surface area contributed by atoms with Gasteiger partial charge in [0.1, 0.15) is 11.3 Å². The standard InChI is InChI=1S/C41H44N2O/c1-39(2,3)25-31-24-35-34(37-23-30(16-18-43-37)41(7,8)9)20-28(21-38(35)44-31)32-12-10-11-26-13-14-27(19-33(26)32)36-22-29(15-17-42-36)40(4,5)6/h10-24H,25H2,1-9H3. The zero-order valence-electron chi connectivity index (χ0n) is 27.7. The Hall–Kier alpha value is -4.24. The third-order valence-corrected chi connectivity index (χ3v) is 8.41. The Bertz CT molecular complexity index is 1990. The molecule has 3 aromatic heterocycles. The maximum atomic E-state index is 6.58. The fourth-order valence-corrected chi connectivity index (χ4v) is 5.95. The first-order chi connectivity index (χ1) is 20.7. The van der Waals surface area contributed by atoms with Crippen LogP contribution in [0.2, 0.25) is 0 Å². The highest BCUT2D eigenvalue weighted by Crippen LogP contribution is 2.40. The molecular weight excluding hydrogens is 536 g/mol. The molecule has 3 nitrogen and oxygen atoms in total. The molecule has 3 heteroatoms. The van der Waals surface area contributed by atoms with Gasteiger partial charge in [0, 0.05) is 35.3 Å². The van der Waals surface area contributed by atoms with Gasteiger partial charge in [0.2, 0.25) is 0 Å². The Morgan fingerprint density at radius 2 is 1.23 bits per heavy atom. The summed E-state index contributed by atoms with van der Waals surface area (Å²) >= 11 is 0. The number of aromatic nitrogens is 2. The summed E-state index contributed by atoms with van der Waals surface area (Å²) in [5.74, 6) is 1.00. The Balaban J connectivity index is 1.56. The van der Waals surface area contributed by atoms with Crippen molar-refractivity contribution in [1.82, 2.24) is 9.97 Å². The van der Waals surface area contributed by atoms with Gasteiger partial charge in [-0.3, -0.25) is 9.97 Å². The smallest absolute Gasteiger partial charge is 0.135 e. The summed E-state index contributed by atoms with van der Waals surface area (Å²) in [5.41, 5.74) is 10.1. The Kier molecular flexibility index (Phi) is 7.27. The Morgan fingerprint density at radius 1 is 0.568 bits per heavy atom. The van der Waals surface area contributed by atoms with E-state index in [0.29, 0.717) is 0 Å². The van der Waals surface area contributed by atoms with E-state index in [0.717, 1.165) is 51.2 Å². The predicted molar refractivity (Wildman–Crippen MR) is 186 cm³/mol. The SMILES string of the molecule is CC(C)(C)Cc1cc2c(-c3cc(C(C)(C)C)ccn3)cc(-c3cccc4ccc(-c5cc(C(C)(C)C)ccn5)cc34)cc2o1. The highest BCUT2D eigenvalue weighted by Gasteiger charge is 2.21. The second-order valence-electron chi connectivity index (χ2n) is 15.5. The molecule has 224 valence electrons. The van der Waals surface area contributed by atoms with Crippen molar-refractivity contribution in [2.24, 2.45) is 5.41 Å². The van der Waals surface area contributed by atoms with Crippen molar-refractivity contribution >= 4 is 21.7 Å². The molecular formula is C41H44N2O. The third kappa shape index (κ3) is 6.06. The lowest BCUT2D eigenvalue weighted by atomic mass is 9.86. The fraction of sp³-hybridized carbons (Fsp3) is 0.317. The minimum atomic E-state index is 0.0204. The number of benzene rings is 3.